The van der Waals surface area contributed by atoms with Gasteiger partial charge >= 0.3 is 6.18 Å². The summed E-state index contributed by atoms with van der Waals surface area (Å²) in [5.41, 5.74) is 7.28. The predicted molar refractivity (Wildman–Crippen MR) is 218 cm³/mol. The van der Waals surface area contributed by atoms with Crippen LogP contribution in [0.5, 0.6) is 11.5 Å². The van der Waals surface area contributed by atoms with E-state index >= 15 is 0 Å². The van der Waals surface area contributed by atoms with Gasteiger partial charge in [-0.3, -0.25) is 44.1 Å². The van der Waals surface area contributed by atoms with Crippen LogP contribution in [-0.4, -0.2) is 110 Å². The van der Waals surface area contributed by atoms with E-state index in [0.717, 1.165) is 48.9 Å². The first-order valence-electron chi connectivity index (χ1n) is 19.2. The van der Waals surface area contributed by atoms with Crippen LogP contribution in [0.2, 0.25) is 0 Å². The number of carbonyl (C=O) groups is 5. The largest absolute Gasteiger partial charge is 0.494 e. The van der Waals surface area contributed by atoms with Crippen LogP contribution in [0, 0.1) is 11.8 Å². The van der Waals surface area contributed by atoms with Crippen LogP contribution in [0.4, 0.5) is 30.2 Å². The third-order valence-corrected chi connectivity index (χ3v) is 10.3. The molecule has 2 saturated heterocycles. The Kier molecular flexibility index (Phi) is 12.3. The van der Waals surface area contributed by atoms with Gasteiger partial charge in [0.2, 0.25) is 11.8 Å². The molecule has 5 amide bonds. The zero-order chi connectivity index (χ0) is 43.3. The van der Waals surface area contributed by atoms with Gasteiger partial charge < -0.3 is 25.4 Å². The molecule has 3 aliphatic rings. The van der Waals surface area contributed by atoms with Crippen molar-refractivity contribution < 1.29 is 46.6 Å². The molecule has 0 spiro atoms. The van der Waals surface area contributed by atoms with Crippen LogP contribution in [0.3, 0.4) is 0 Å². The first kappa shape index (κ1) is 41.9. The van der Waals surface area contributed by atoms with E-state index < -0.39 is 53.1 Å². The molecule has 2 fully saturated rings. The number of alkyl halides is 3. The van der Waals surface area contributed by atoms with E-state index in [4.69, 9.17) is 15.2 Å². The normalized spacial score (nSPS) is 16.9. The molecule has 1 aromatic heterocycles. The summed E-state index contributed by atoms with van der Waals surface area (Å²) < 4.78 is 50.5. The summed E-state index contributed by atoms with van der Waals surface area (Å²) in [5.74, 6) is 3.46. The summed E-state index contributed by atoms with van der Waals surface area (Å²) in [7, 11) is 1.38. The topological polar surface area (TPSA) is 189 Å². The van der Waals surface area contributed by atoms with E-state index in [1.54, 1.807) is 18.3 Å². The second-order valence-corrected chi connectivity index (χ2v) is 14.2. The number of ether oxygens (including phenoxy) is 2. The SMILES string of the molecule is COc1cc(N)c(C=NCCN2CCN(c3ccc(OCC#Cc4cccc5c4C(=O)N(C4CCC(=O)NC4=O)C5=O)cc3)CC2)cc1NC(=O)c1cccc(C(F)(F)F)n1. The number of nitrogens with zero attached hydrogens (tertiary/aromatic N) is 5. The lowest BCUT2D eigenvalue weighted by atomic mass is 10.0. The standard InChI is InChI=1S/C43H39F3N8O7/c1-60-35-24-31(47)27(23-33(35)50-39(56)32-8-3-9-36(49-32)43(44,45)46)25-48-16-17-52-18-20-53(21-19-52)28-10-12-29(13-11-28)61-22-4-6-26-5-2-7-30-38(26)42(59)54(41(30)58)34-14-15-37(55)51-40(34)57/h2-3,5,7-13,23-25,34H,14-22,47H2,1H3,(H,50,56)(H,51,55,57). The van der Waals surface area contributed by atoms with Crippen molar-refractivity contribution >= 4 is 52.8 Å². The molecule has 4 heterocycles. The highest BCUT2D eigenvalue weighted by atomic mass is 19.4. The monoisotopic (exact) mass is 836 g/mol. The van der Waals surface area contributed by atoms with Gasteiger partial charge in [-0.25, -0.2) is 4.98 Å². The Balaban J connectivity index is 0.870. The highest BCUT2D eigenvalue weighted by Gasteiger charge is 2.45. The van der Waals surface area contributed by atoms with Gasteiger partial charge in [-0.15, -0.1) is 0 Å². The Morgan fingerprint density at radius 3 is 2.49 bits per heavy atom. The number of hydrogen-bond donors (Lipinski definition) is 3. The number of aromatic nitrogens is 1. The Hall–Kier alpha value is -7.26. The van der Waals surface area contributed by atoms with Crippen molar-refractivity contribution in [3.8, 4) is 23.3 Å². The van der Waals surface area contributed by atoms with Gasteiger partial charge in [-0.05, 0) is 61.0 Å². The van der Waals surface area contributed by atoms with E-state index in [2.05, 4.69) is 42.3 Å². The summed E-state index contributed by atoms with van der Waals surface area (Å²) >= 11 is 0. The molecule has 15 nitrogen and oxygen atoms in total. The van der Waals surface area contributed by atoms with Crippen LogP contribution in [0.15, 0.2) is 77.8 Å². The second kappa shape index (κ2) is 17.9. The molecule has 61 heavy (non-hydrogen) atoms. The van der Waals surface area contributed by atoms with Crippen LogP contribution in [0.1, 0.15) is 60.9 Å². The average Bonchev–Trinajstić information content (AvgIpc) is 3.50. The molecule has 0 radical (unpaired) electrons. The molecule has 3 aromatic carbocycles. The Morgan fingerprint density at radius 1 is 1.02 bits per heavy atom. The molecule has 4 N–H and O–H groups in total. The van der Waals surface area contributed by atoms with E-state index in [1.807, 2.05) is 24.3 Å². The molecule has 18 heteroatoms. The van der Waals surface area contributed by atoms with Crippen molar-refractivity contribution in [1.82, 2.24) is 20.1 Å². The maximum absolute atomic E-state index is 13.3. The van der Waals surface area contributed by atoms with Gasteiger partial charge in [0.15, 0.2) is 0 Å². The number of rotatable bonds is 11. The maximum atomic E-state index is 13.3. The molecule has 0 saturated carbocycles. The lowest BCUT2D eigenvalue weighted by Gasteiger charge is -2.35. The summed E-state index contributed by atoms with van der Waals surface area (Å²) in [4.78, 5) is 76.6. The number of piperazine rings is 1. The second-order valence-electron chi connectivity index (χ2n) is 14.2. The molecule has 1 unspecified atom stereocenters. The van der Waals surface area contributed by atoms with Gasteiger partial charge in [0.1, 0.15) is 35.5 Å². The highest BCUT2D eigenvalue weighted by molar-refractivity contribution is 6.24. The number of hydrogen-bond acceptors (Lipinski definition) is 12. The Labute approximate surface area is 347 Å². The van der Waals surface area contributed by atoms with E-state index in [-0.39, 0.29) is 42.0 Å². The van der Waals surface area contributed by atoms with Gasteiger partial charge in [0.05, 0.1) is 30.5 Å². The molecule has 0 bridgehead atoms. The molecule has 7 rings (SSSR count). The number of imide groups is 2. The number of nitrogens with one attached hydrogen (secondary N) is 2. The van der Waals surface area contributed by atoms with Crippen LogP contribution in [-0.2, 0) is 15.8 Å². The highest BCUT2D eigenvalue weighted by Crippen LogP contribution is 2.32. The number of pyridine rings is 1. The molecule has 3 aliphatic heterocycles. The van der Waals surface area contributed by atoms with Crippen molar-refractivity contribution in [3.05, 3.63) is 106 Å². The summed E-state index contributed by atoms with van der Waals surface area (Å²) in [6.07, 6.45) is -3.03. The third-order valence-electron chi connectivity index (χ3n) is 10.3. The van der Waals surface area contributed by atoms with Gasteiger partial charge in [-0.1, -0.05) is 24.0 Å². The minimum absolute atomic E-state index is 0.0208. The van der Waals surface area contributed by atoms with Crippen molar-refractivity contribution in [2.45, 2.75) is 25.1 Å². The molecule has 4 aromatic rings. The molecular weight excluding hydrogens is 798 g/mol. The molecular formula is C43H39F3N8O7. The minimum atomic E-state index is -4.70. The lowest BCUT2D eigenvalue weighted by Crippen LogP contribution is -2.54. The summed E-state index contributed by atoms with van der Waals surface area (Å²) in [6.45, 7) is 4.35. The lowest BCUT2D eigenvalue weighted by molar-refractivity contribution is -0.141. The zero-order valence-electron chi connectivity index (χ0n) is 32.8. The van der Waals surface area contributed by atoms with Crippen LogP contribution >= 0.6 is 0 Å². The van der Waals surface area contributed by atoms with Crippen molar-refractivity contribution in [3.63, 3.8) is 0 Å². The molecule has 314 valence electrons. The number of halogens is 3. The van der Waals surface area contributed by atoms with Gasteiger partial charge in [0, 0.05) is 73.9 Å². The van der Waals surface area contributed by atoms with Crippen LogP contribution in [0.25, 0.3) is 0 Å². The number of benzene rings is 3. The number of nitrogen functional groups attached to an aromatic ring is 1. The fraction of sp³-hybridized carbons (Fsp3) is 0.279. The number of piperidine rings is 1. The van der Waals surface area contributed by atoms with Crippen molar-refractivity contribution in [2.24, 2.45) is 4.99 Å². The number of fused-ring (bicyclic) bond motifs is 1. The number of carbonyl (C=O) groups excluding carboxylic acids is 5. The zero-order valence-corrected chi connectivity index (χ0v) is 32.8. The summed E-state index contributed by atoms with van der Waals surface area (Å²) in [5, 5.41) is 4.74. The molecule has 0 aliphatic carbocycles. The average molecular weight is 837 g/mol. The number of aliphatic imine (C=N–C) groups is 1. The maximum Gasteiger partial charge on any atom is 0.433 e. The Morgan fingerprint density at radius 2 is 1.77 bits per heavy atom. The fourth-order valence-electron chi connectivity index (χ4n) is 7.11. The number of methoxy groups -OCH3 is 1. The number of amides is 5. The van der Waals surface area contributed by atoms with E-state index in [0.29, 0.717) is 35.7 Å². The fourth-order valence-corrected chi connectivity index (χ4v) is 7.11. The first-order chi connectivity index (χ1) is 29.3. The van der Waals surface area contributed by atoms with Gasteiger partial charge in [0.25, 0.3) is 17.7 Å². The van der Waals surface area contributed by atoms with Crippen LogP contribution < -0.4 is 30.7 Å². The quantitative estimate of drug-likeness (QED) is 0.0857. The Bertz CT molecular complexity index is 2470. The molecule has 1 atom stereocenters. The smallest absolute Gasteiger partial charge is 0.433 e. The van der Waals surface area contributed by atoms with Crippen molar-refractivity contribution in [1.29, 1.82) is 0 Å². The van der Waals surface area contributed by atoms with Crippen molar-refractivity contribution in [2.75, 3.05) is 68.9 Å². The van der Waals surface area contributed by atoms with Gasteiger partial charge in [-0.2, -0.15) is 13.2 Å². The van der Waals surface area contributed by atoms with E-state index in [9.17, 15) is 37.1 Å². The predicted octanol–water partition coefficient (Wildman–Crippen LogP) is 4.02. The number of nitrogens with two attached hydrogens (primary N) is 1. The van der Waals surface area contributed by atoms with E-state index in [1.165, 1.54) is 31.4 Å². The summed E-state index contributed by atoms with van der Waals surface area (Å²) in [6, 6.07) is 17.4. The number of anilines is 3. The minimum Gasteiger partial charge on any atom is -0.494 e. The first-order valence-corrected chi connectivity index (χ1v) is 19.2. The third kappa shape index (κ3) is 9.47.